The standard InChI is InChI=1S/C17H22N4O3/c1-3-13-9-16(24-20-13)17(22)21-6-7-23-15(10-21)5-4-14-8-12(2)18-11-19-14/h8-9,11,15H,3-7,10H2,1-2H3/t15-/m1/s1. The van der Waals surface area contributed by atoms with Gasteiger partial charge in [0.05, 0.1) is 18.4 Å². The van der Waals surface area contributed by atoms with Crippen LogP contribution < -0.4 is 0 Å². The molecular formula is C17H22N4O3. The predicted octanol–water partition coefficient (Wildman–Crippen LogP) is 1.81. The van der Waals surface area contributed by atoms with Crippen LogP contribution >= 0.6 is 0 Å². The first-order valence-electron chi connectivity index (χ1n) is 8.29. The van der Waals surface area contributed by atoms with Gasteiger partial charge in [-0.15, -0.1) is 0 Å². The summed E-state index contributed by atoms with van der Waals surface area (Å²) >= 11 is 0. The number of aryl methyl sites for hydroxylation is 3. The second-order valence-corrected chi connectivity index (χ2v) is 5.97. The van der Waals surface area contributed by atoms with Crippen molar-refractivity contribution in [3.05, 3.63) is 41.3 Å². The van der Waals surface area contributed by atoms with Crippen molar-refractivity contribution < 1.29 is 14.1 Å². The van der Waals surface area contributed by atoms with Gasteiger partial charge in [-0.05, 0) is 32.3 Å². The van der Waals surface area contributed by atoms with Crippen molar-refractivity contribution >= 4 is 5.91 Å². The zero-order chi connectivity index (χ0) is 16.9. The molecule has 2 aromatic heterocycles. The lowest BCUT2D eigenvalue weighted by Gasteiger charge is -2.32. The first-order valence-corrected chi connectivity index (χ1v) is 8.29. The highest BCUT2D eigenvalue weighted by atomic mass is 16.5. The van der Waals surface area contributed by atoms with Crippen LogP contribution in [0.25, 0.3) is 0 Å². The Balaban J connectivity index is 1.56. The molecule has 0 saturated carbocycles. The van der Waals surface area contributed by atoms with Crippen molar-refractivity contribution in [2.45, 2.75) is 39.2 Å². The van der Waals surface area contributed by atoms with Crippen molar-refractivity contribution in [1.82, 2.24) is 20.0 Å². The molecular weight excluding hydrogens is 308 g/mol. The van der Waals surface area contributed by atoms with Gasteiger partial charge in [0, 0.05) is 30.5 Å². The quantitative estimate of drug-likeness (QED) is 0.831. The van der Waals surface area contributed by atoms with Gasteiger partial charge in [-0.1, -0.05) is 12.1 Å². The molecule has 1 aliphatic rings. The van der Waals surface area contributed by atoms with E-state index in [0.29, 0.717) is 25.5 Å². The Kier molecular flexibility index (Phi) is 5.20. The van der Waals surface area contributed by atoms with Crippen LogP contribution in [0.5, 0.6) is 0 Å². The summed E-state index contributed by atoms with van der Waals surface area (Å²) in [7, 11) is 0. The lowest BCUT2D eigenvalue weighted by atomic mass is 10.1. The van der Waals surface area contributed by atoms with Crippen LogP contribution in [-0.4, -0.2) is 51.7 Å². The van der Waals surface area contributed by atoms with E-state index in [2.05, 4.69) is 15.1 Å². The third-order valence-electron chi connectivity index (χ3n) is 4.14. The fourth-order valence-corrected chi connectivity index (χ4v) is 2.77. The number of ether oxygens (including phenoxy) is 1. The lowest BCUT2D eigenvalue weighted by molar-refractivity contribution is -0.0258. The van der Waals surface area contributed by atoms with E-state index < -0.39 is 0 Å². The van der Waals surface area contributed by atoms with E-state index in [1.807, 2.05) is 19.9 Å². The molecule has 1 fully saturated rings. The highest BCUT2D eigenvalue weighted by Gasteiger charge is 2.27. The topological polar surface area (TPSA) is 81.4 Å². The summed E-state index contributed by atoms with van der Waals surface area (Å²) < 4.78 is 10.9. The Hall–Kier alpha value is -2.28. The molecule has 1 atom stereocenters. The smallest absolute Gasteiger partial charge is 0.292 e. The summed E-state index contributed by atoms with van der Waals surface area (Å²) in [6.45, 7) is 5.60. The molecule has 0 N–H and O–H groups in total. The fourth-order valence-electron chi connectivity index (χ4n) is 2.77. The molecule has 1 saturated heterocycles. The minimum absolute atomic E-state index is 0.00605. The first-order chi connectivity index (χ1) is 11.7. The van der Waals surface area contributed by atoms with Gasteiger partial charge in [0.1, 0.15) is 6.33 Å². The van der Waals surface area contributed by atoms with Gasteiger partial charge in [0.25, 0.3) is 5.91 Å². The molecule has 0 aromatic carbocycles. The number of rotatable bonds is 5. The van der Waals surface area contributed by atoms with Gasteiger partial charge < -0.3 is 14.2 Å². The number of carbonyl (C=O) groups excluding carboxylic acids is 1. The Morgan fingerprint density at radius 2 is 2.21 bits per heavy atom. The summed E-state index contributed by atoms with van der Waals surface area (Å²) in [5.41, 5.74) is 2.75. The second kappa shape index (κ2) is 7.53. The van der Waals surface area contributed by atoms with E-state index in [0.717, 1.165) is 36.3 Å². The van der Waals surface area contributed by atoms with Gasteiger partial charge in [-0.2, -0.15) is 0 Å². The largest absolute Gasteiger partial charge is 0.375 e. The van der Waals surface area contributed by atoms with Crippen molar-refractivity contribution in [3.8, 4) is 0 Å². The summed E-state index contributed by atoms with van der Waals surface area (Å²) in [6.07, 6.45) is 3.96. The Labute approximate surface area is 141 Å². The zero-order valence-corrected chi connectivity index (χ0v) is 14.1. The highest BCUT2D eigenvalue weighted by Crippen LogP contribution is 2.15. The molecule has 3 rings (SSSR count). The van der Waals surface area contributed by atoms with Crippen molar-refractivity contribution in [2.24, 2.45) is 0 Å². The van der Waals surface area contributed by atoms with E-state index >= 15 is 0 Å². The highest BCUT2D eigenvalue weighted by molar-refractivity contribution is 5.91. The fraction of sp³-hybridized carbons (Fsp3) is 0.529. The molecule has 0 bridgehead atoms. The summed E-state index contributed by atoms with van der Waals surface area (Å²) in [5.74, 6) is 0.187. The van der Waals surface area contributed by atoms with Crippen molar-refractivity contribution in [3.63, 3.8) is 0 Å². The van der Waals surface area contributed by atoms with Gasteiger partial charge in [0.15, 0.2) is 0 Å². The molecule has 0 spiro atoms. The maximum Gasteiger partial charge on any atom is 0.292 e. The molecule has 0 radical (unpaired) electrons. The van der Waals surface area contributed by atoms with E-state index in [1.165, 1.54) is 0 Å². The molecule has 24 heavy (non-hydrogen) atoms. The number of hydrogen-bond donors (Lipinski definition) is 0. The zero-order valence-electron chi connectivity index (χ0n) is 14.1. The third-order valence-corrected chi connectivity index (χ3v) is 4.14. The van der Waals surface area contributed by atoms with Crippen LogP contribution in [-0.2, 0) is 17.6 Å². The molecule has 128 valence electrons. The van der Waals surface area contributed by atoms with E-state index in [-0.39, 0.29) is 12.0 Å². The molecule has 1 amide bonds. The van der Waals surface area contributed by atoms with E-state index in [1.54, 1.807) is 17.3 Å². The van der Waals surface area contributed by atoms with Gasteiger partial charge in [0.2, 0.25) is 5.76 Å². The van der Waals surface area contributed by atoms with Crippen molar-refractivity contribution in [1.29, 1.82) is 0 Å². The number of morpholine rings is 1. The van der Waals surface area contributed by atoms with Crippen LogP contribution in [0.1, 0.15) is 41.0 Å². The molecule has 0 aliphatic carbocycles. The average molecular weight is 330 g/mol. The number of carbonyl (C=O) groups is 1. The van der Waals surface area contributed by atoms with Crippen LogP contribution in [0, 0.1) is 6.92 Å². The molecule has 3 heterocycles. The van der Waals surface area contributed by atoms with Gasteiger partial charge in [-0.3, -0.25) is 4.79 Å². The predicted molar refractivity (Wildman–Crippen MR) is 86.6 cm³/mol. The number of aromatic nitrogens is 3. The second-order valence-electron chi connectivity index (χ2n) is 5.97. The number of hydrogen-bond acceptors (Lipinski definition) is 6. The molecule has 7 heteroatoms. The molecule has 2 aromatic rings. The summed E-state index contributed by atoms with van der Waals surface area (Å²) in [6, 6.07) is 3.70. The minimum atomic E-state index is -0.117. The maximum atomic E-state index is 12.5. The summed E-state index contributed by atoms with van der Waals surface area (Å²) in [5, 5.41) is 3.89. The maximum absolute atomic E-state index is 12.5. The van der Waals surface area contributed by atoms with E-state index in [4.69, 9.17) is 9.26 Å². The Morgan fingerprint density at radius 1 is 1.33 bits per heavy atom. The number of amides is 1. The number of nitrogens with zero attached hydrogens (tertiary/aromatic N) is 4. The summed E-state index contributed by atoms with van der Waals surface area (Å²) in [4.78, 5) is 22.7. The first kappa shape index (κ1) is 16.6. The van der Waals surface area contributed by atoms with Crippen molar-refractivity contribution in [2.75, 3.05) is 19.7 Å². The van der Waals surface area contributed by atoms with Gasteiger partial charge >= 0.3 is 0 Å². The van der Waals surface area contributed by atoms with Gasteiger partial charge in [-0.25, -0.2) is 9.97 Å². The minimum Gasteiger partial charge on any atom is -0.375 e. The van der Waals surface area contributed by atoms with Crippen LogP contribution in [0.2, 0.25) is 0 Å². The van der Waals surface area contributed by atoms with Crippen LogP contribution in [0.15, 0.2) is 23.0 Å². The molecule has 1 aliphatic heterocycles. The third kappa shape index (κ3) is 3.97. The average Bonchev–Trinajstić information content (AvgIpc) is 3.09. The molecule has 0 unspecified atom stereocenters. The monoisotopic (exact) mass is 330 g/mol. The Morgan fingerprint density at radius 3 is 2.96 bits per heavy atom. The van der Waals surface area contributed by atoms with Crippen LogP contribution in [0.3, 0.4) is 0 Å². The van der Waals surface area contributed by atoms with E-state index in [9.17, 15) is 4.79 Å². The molecule has 7 nitrogen and oxygen atoms in total. The van der Waals surface area contributed by atoms with Crippen LogP contribution in [0.4, 0.5) is 0 Å². The lowest BCUT2D eigenvalue weighted by Crippen LogP contribution is -2.45. The Bertz CT molecular complexity index is 701. The SMILES string of the molecule is CCc1cc(C(=O)N2CCO[C@H](CCc3cc(C)ncn3)C2)on1. The normalized spacial score (nSPS) is 17.9.